The summed E-state index contributed by atoms with van der Waals surface area (Å²) >= 11 is 0. The zero-order valence-electron chi connectivity index (χ0n) is 5.92. The van der Waals surface area contributed by atoms with Crippen LogP contribution in [-0.4, -0.2) is 51.6 Å². The summed E-state index contributed by atoms with van der Waals surface area (Å²) in [6.07, 6.45) is -3.72. The summed E-state index contributed by atoms with van der Waals surface area (Å²) in [6.45, 7) is -0.426. The number of aliphatic hydroxyl groups excluding tert-OH is 4. The van der Waals surface area contributed by atoms with Gasteiger partial charge in [-0.25, -0.2) is 0 Å². The second-order valence-corrected chi connectivity index (χ2v) is 2.62. The summed E-state index contributed by atoms with van der Waals surface area (Å²) in [5, 5.41) is 35.3. The van der Waals surface area contributed by atoms with Crippen LogP contribution in [0.25, 0.3) is 0 Å². The summed E-state index contributed by atoms with van der Waals surface area (Å²) in [5.74, 6) is 0. The summed E-state index contributed by atoms with van der Waals surface area (Å²) in [4.78, 5) is 0. The van der Waals surface area contributed by atoms with Gasteiger partial charge in [-0.3, -0.25) is 0 Å². The molecule has 1 rings (SSSR count). The van der Waals surface area contributed by atoms with Gasteiger partial charge in [-0.15, -0.1) is 0 Å². The van der Waals surface area contributed by atoms with Crippen LogP contribution in [0, 0.1) is 0 Å². The first-order valence-corrected chi connectivity index (χ1v) is 3.45. The Morgan fingerprint density at radius 3 is 2.45 bits per heavy atom. The number of hydrogen-bond donors (Lipinski definition) is 4. The van der Waals surface area contributed by atoms with Crippen molar-refractivity contribution < 1.29 is 25.2 Å². The Bertz CT molecular complexity index is 118. The third-order valence-electron chi connectivity index (χ3n) is 1.73. The lowest BCUT2D eigenvalue weighted by molar-refractivity contribution is -0.149. The van der Waals surface area contributed by atoms with Gasteiger partial charge in [-0.1, -0.05) is 0 Å². The molecule has 5 nitrogen and oxygen atoms in total. The van der Waals surface area contributed by atoms with Crippen molar-refractivity contribution in [2.75, 3.05) is 6.61 Å². The zero-order chi connectivity index (χ0) is 8.43. The summed E-state index contributed by atoms with van der Waals surface area (Å²) < 4.78 is 4.72. The van der Waals surface area contributed by atoms with E-state index in [0.717, 1.165) is 0 Å². The van der Waals surface area contributed by atoms with E-state index in [4.69, 9.17) is 25.2 Å². The highest BCUT2D eigenvalue weighted by atomic mass is 16.6. The third-order valence-corrected chi connectivity index (χ3v) is 1.73. The lowest BCUT2D eigenvalue weighted by atomic mass is 10.1. The van der Waals surface area contributed by atoms with Crippen LogP contribution >= 0.6 is 0 Å². The molecular formula is C6H12O5. The van der Waals surface area contributed by atoms with Crippen molar-refractivity contribution in [2.24, 2.45) is 0 Å². The number of aliphatic hydroxyl groups is 4. The Hall–Kier alpha value is -0.200. The third kappa shape index (κ3) is 1.88. The Kier molecular flexibility index (Phi) is 2.80. The Labute approximate surface area is 63.8 Å². The van der Waals surface area contributed by atoms with Crippen molar-refractivity contribution in [3.8, 4) is 0 Å². The van der Waals surface area contributed by atoms with Gasteiger partial charge in [0.25, 0.3) is 0 Å². The van der Waals surface area contributed by atoms with Crippen LogP contribution < -0.4 is 0 Å². The molecule has 0 bridgehead atoms. The smallest absolute Gasteiger partial charge is 0.181 e. The molecule has 0 radical (unpaired) electrons. The highest BCUT2D eigenvalue weighted by molar-refractivity contribution is 4.80. The maximum atomic E-state index is 9.00. The first kappa shape index (κ1) is 8.89. The predicted octanol–water partition coefficient (Wildman–Crippen LogP) is -2.19. The van der Waals surface area contributed by atoms with E-state index in [9.17, 15) is 0 Å². The predicted molar refractivity (Wildman–Crippen MR) is 34.6 cm³/mol. The average Bonchev–Trinajstić information content (AvgIpc) is 2.31. The fraction of sp³-hybridized carbons (Fsp3) is 1.00. The van der Waals surface area contributed by atoms with Crippen LogP contribution in [0.15, 0.2) is 0 Å². The first-order valence-electron chi connectivity index (χ1n) is 3.45. The highest BCUT2D eigenvalue weighted by Gasteiger charge is 2.36. The van der Waals surface area contributed by atoms with Gasteiger partial charge in [0.05, 0.1) is 12.7 Å². The van der Waals surface area contributed by atoms with Gasteiger partial charge in [-0.05, 0) is 0 Å². The van der Waals surface area contributed by atoms with E-state index in [1.54, 1.807) is 0 Å². The van der Waals surface area contributed by atoms with Gasteiger partial charge in [-0.2, -0.15) is 0 Å². The van der Waals surface area contributed by atoms with E-state index in [-0.39, 0.29) is 6.42 Å². The molecule has 1 heterocycles. The lowest BCUT2D eigenvalue weighted by Crippen LogP contribution is -2.29. The summed E-state index contributed by atoms with van der Waals surface area (Å²) in [5.41, 5.74) is 0. The van der Waals surface area contributed by atoms with Gasteiger partial charge < -0.3 is 25.2 Å². The SMILES string of the molecule is OC[C@H](O)[C@@H]1C[C@H](O)[C@@H](O)O1. The van der Waals surface area contributed by atoms with Crippen molar-refractivity contribution in [2.45, 2.75) is 31.0 Å². The van der Waals surface area contributed by atoms with Crippen LogP contribution in [0.1, 0.15) is 6.42 Å². The minimum Gasteiger partial charge on any atom is -0.394 e. The molecule has 0 saturated carbocycles. The van der Waals surface area contributed by atoms with Crippen LogP contribution in [0.5, 0.6) is 0 Å². The molecule has 5 heteroatoms. The second-order valence-electron chi connectivity index (χ2n) is 2.62. The van der Waals surface area contributed by atoms with Gasteiger partial charge in [0.2, 0.25) is 0 Å². The minimum atomic E-state index is -1.24. The molecule has 1 aliphatic heterocycles. The second kappa shape index (κ2) is 3.46. The monoisotopic (exact) mass is 164 g/mol. The molecule has 1 saturated heterocycles. The molecule has 0 aliphatic carbocycles. The molecule has 0 spiro atoms. The first-order chi connectivity index (χ1) is 5.15. The van der Waals surface area contributed by atoms with Crippen molar-refractivity contribution in [3.05, 3.63) is 0 Å². The van der Waals surface area contributed by atoms with E-state index in [1.807, 2.05) is 0 Å². The molecule has 0 aromatic carbocycles. The molecular weight excluding hydrogens is 152 g/mol. The molecule has 11 heavy (non-hydrogen) atoms. The van der Waals surface area contributed by atoms with Crippen LogP contribution in [0.2, 0.25) is 0 Å². The Morgan fingerprint density at radius 2 is 2.09 bits per heavy atom. The zero-order valence-corrected chi connectivity index (χ0v) is 5.92. The van der Waals surface area contributed by atoms with Gasteiger partial charge in [0.1, 0.15) is 12.2 Å². The largest absolute Gasteiger partial charge is 0.394 e. The number of hydrogen-bond acceptors (Lipinski definition) is 5. The minimum absolute atomic E-state index is 0.156. The van der Waals surface area contributed by atoms with E-state index >= 15 is 0 Å². The normalized spacial score (nSPS) is 40.9. The molecule has 4 atom stereocenters. The quantitative estimate of drug-likeness (QED) is 0.372. The van der Waals surface area contributed by atoms with Crippen molar-refractivity contribution in [1.82, 2.24) is 0 Å². The molecule has 4 N–H and O–H groups in total. The standard InChI is InChI=1S/C6H12O5/c7-2-4(9)5-1-3(8)6(10)11-5/h3-10H,1-2H2/t3-,4-,5-,6-/m0/s1. The van der Waals surface area contributed by atoms with Crippen LogP contribution in [0.4, 0.5) is 0 Å². The van der Waals surface area contributed by atoms with Crippen LogP contribution in [-0.2, 0) is 4.74 Å². The molecule has 0 amide bonds. The fourth-order valence-electron chi connectivity index (χ4n) is 1.05. The summed E-state index contributed by atoms with van der Waals surface area (Å²) in [7, 11) is 0. The highest BCUT2D eigenvalue weighted by Crippen LogP contribution is 2.20. The Morgan fingerprint density at radius 1 is 1.45 bits per heavy atom. The van der Waals surface area contributed by atoms with E-state index < -0.39 is 31.2 Å². The fourth-order valence-corrected chi connectivity index (χ4v) is 1.05. The molecule has 0 aromatic rings. The van der Waals surface area contributed by atoms with E-state index in [1.165, 1.54) is 0 Å². The topological polar surface area (TPSA) is 90.2 Å². The van der Waals surface area contributed by atoms with Gasteiger partial charge >= 0.3 is 0 Å². The van der Waals surface area contributed by atoms with Crippen molar-refractivity contribution in [3.63, 3.8) is 0 Å². The molecule has 66 valence electrons. The molecule has 1 aliphatic rings. The maximum Gasteiger partial charge on any atom is 0.181 e. The van der Waals surface area contributed by atoms with E-state index in [0.29, 0.717) is 0 Å². The number of rotatable bonds is 2. The molecule has 0 unspecified atom stereocenters. The van der Waals surface area contributed by atoms with Crippen LogP contribution in [0.3, 0.4) is 0 Å². The lowest BCUT2D eigenvalue weighted by Gasteiger charge is -2.14. The molecule has 0 aromatic heterocycles. The van der Waals surface area contributed by atoms with Gasteiger partial charge in [0, 0.05) is 6.42 Å². The number of ether oxygens (including phenoxy) is 1. The van der Waals surface area contributed by atoms with Crippen molar-refractivity contribution >= 4 is 0 Å². The average molecular weight is 164 g/mol. The van der Waals surface area contributed by atoms with Gasteiger partial charge in [0.15, 0.2) is 6.29 Å². The maximum absolute atomic E-state index is 9.00. The van der Waals surface area contributed by atoms with E-state index in [2.05, 4.69) is 0 Å². The molecule has 1 fully saturated rings. The summed E-state index contributed by atoms with van der Waals surface area (Å²) in [6, 6.07) is 0. The Balaban J connectivity index is 2.40. The van der Waals surface area contributed by atoms with Crippen molar-refractivity contribution in [1.29, 1.82) is 0 Å².